The molecule has 4 heteroatoms. The molecular formula is C12H19N3O. The monoisotopic (exact) mass is 221 g/mol. The van der Waals surface area contributed by atoms with Crippen molar-refractivity contribution < 1.29 is 9.64 Å². The number of quaternary nitrogens is 1. The van der Waals surface area contributed by atoms with Gasteiger partial charge in [-0.3, -0.25) is 4.98 Å². The SMILES string of the molecule is [CH2-][NH+]1CCN(c2cc(OC)cnc2C)CC1. The third-order valence-corrected chi connectivity index (χ3v) is 3.08. The summed E-state index contributed by atoms with van der Waals surface area (Å²) in [6.07, 6.45) is 1.77. The maximum Gasteiger partial charge on any atom is 0.139 e. The fourth-order valence-electron chi connectivity index (χ4n) is 2.00. The summed E-state index contributed by atoms with van der Waals surface area (Å²) in [6.45, 7) is 6.27. The molecule has 2 heterocycles. The topological polar surface area (TPSA) is 29.8 Å². The second-order valence-electron chi connectivity index (χ2n) is 4.22. The average molecular weight is 221 g/mol. The molecule has 4 nitrogen and oxygen atoms in total. The van der Waals surface area contributed by atoms with Crippen molar-refractivity contribution in [2.45, 2.75) is 6.92 Å². The van der Waals surface area contributed by atoms with Gasteiger partial charge in [-0.05, 0) is 6.92 Å². The van der Waals surface area contributed by atoms with E-state index in [4.69, 9.17) is 4.74 Å². The van der Waals surface area contributed by atoms with Gasteiger partial charge < -0.3 is 14.5 Å². The Morgan fingerprint density at radius 3 is 2.75 bits per heavy atom. The second-order valence-corrected chi connectivity index (χ2v) is 4.22. The lowest BCUT2D eigenvalue weighted by Crippen LogP contribution is -3.10. The molecule has 1 fully saturated rings. The molecule has 0 bridgehead atoms. The van der Waals surface area contributed by atoms with Gasteiger partial charge in [0.05, 0.1) is 50.9 Å². The minimum atomic E-state index is 0.824. The molecule has 0 amide bonds. The van der Waals surface area contributed by atoms with Crippen LogP contribution in [0, 0.1) is 14.0 Å². The Labute approximate surface area is 96.8 Å². The van der Waals surface area contributed by atoms with Crippen molar-refractivity contribution in [3.8, 4) is 5.75 Å². The predicted octanol–water partition coefficient (Wildman–Crippen LogP) is -0.105. The largest absolute Gasteiger partial charge is 0.495 e. The average Bonchev–Trinajstić information content (AvgIpc) is 2.31. The number of nitrogens with zero attached hydrogens (tertiary/aromatic N) is 2. The van der Waals surface area contributed by atoms with Crippen LogP contribution in [-0.4, -0.2) is 38.3 Å². The van der Waals surface area contributed by atoms with Gasteiger partial charge in [0.1, 0.15) is 5.75 Å². The summed E-state index contributed by atoms with van der Waals surface area (Å²) in [6, 6.07) is 2.07. The van der Waals surface area contributed by atoms with E-state index >= 15 is 0 Å². The van der Waals surface area contributed by atoms with E-state index in [-0.39, 0.29) is 0 Å². The zero-order valence-electron chi connectivity index (χ0n) is 9.99. The van der Waals surface area contributed by atoms with E-state index in [1.807, 2.05) is 6.92 Å². The normalized spacial score (nSPS) is 17.6. The fraction of sp³-hybridized carbons (Fsp3) is 0.500. The van der Waals surface area contributed by atoms with Crippen LogP contribution in [-0.2, 0) is 0 Å². The van der Waals surface area contributed by atoms with Gasteiger partial charge in [-0.1, -0.05) is 0 Å². The maximum absolute atomic E-state index is 5.22. The number of piperazine rings is 1. The highest BCUT2D eigenvalue weighted by atomic mass is 16.5. The Balaban J connectivity index is 2.19. The van der Waals surface area contributed by atoms with Gasteiger partial charge >= 0.3 is 0 Å². The van der Waals surface area contributed by atoms with Gasteiger partial charge in [0.25, 0.3) is 0 Å². The van der Waals surface area contributed by atoms with E-state index in [9.17, 15) is 0 Å². The van der Waals surface area contributed by atoms with Gasteiger partial charge in [0, 0.05) is 6.07 Å². The summed E-state index contributed by atoms with van der Waals surface area (Å²) >= 11 is 0. The number of aryl methyl sites for hydroxylation is 1. The van der Waals surface area contributed by atoms with Crippen LogP contribution in [0.5, 0.6) is 5.75 Å². The standard InChI is InChI=1S/C12H19N3O/c1-10-12(8-11(16-3)9-13-10)15-6-4-14(2)5-7-15/h8-9,14H,2,4-7H2,1,3H3. The molecule has 1 saturated heterocycles. The van der Waals surface area contributed by atoms with Crippen LogP contribution in [0.4, 0.5) is 5.69 Å². The van der Waals surface area contributed by atoms with Gasteiger partial charge in [0.2, 0.25) is 0 Å². The summed E-state index contributed by atoms with van der Waals surface area (Å²) in [5.74, 6) is 0.824. The Morgan fingerprint density at radius 2 is 2.12 bits per heavy atom. The van der Waals surface area contributed by atoms with E-state index in [2.05, 4.69) is 23.0 Å². The number of nitrogens with one attached hydrogen (secondary N) is 1. The van der Waals surface area contributed by atoms with Crippen LogP contribution < -0.4 is 14.5 Å². The molecule has 0 spiro atoms. The third-order valence-electron chi connectivity index (χ3n) is 3.08. The van der Waals surface area contributed by atoms with E-state index < -0.39 is 0 Å². The molecular weight excluding hydrogens is 202 g/mol. The van der Waals surface area contributed by atoms with Crippen molar-refractivity contribution in [3.63, 3.8) is 0 Å². The van der Waals surface area contributed by atoms with E-state index in [1.165, 1.54) is 10.6 Å². The number of hydrogen-bond donors (Lipinski definition) is 1. The quantitative estimate of drug-likeness (QED) is 0.707. The third kappa shape index (κ3) is 2.27. The van der Waals surface area contributed by atoms with E-state index in [0.717, 1.165) is 37.6 Å². The molecule has 0 aliphatic carbocycles. The summed E-state index contributed by atoms with van der Waals surface area (Å²) < 4.78 is 5.22. The molecule has 0 saturated carbocycles. The van der Waals surface area contributed by atoms with Gasteiger partial charge in [-0.25, -0.2) is 0 Å². The number of methoxy groups -OCH3 is 1. The fourth-order valence-corrected chi connectivity index (χ4v) is 2.00. The molecule has 0 atom stereocenters. The van der Waals surface area contributed by atoms with Crippen molar-refractivity contribution in [3.05, 3.63) is 25.0 Å². The summed E-state index contributed by atoms with van der Waals surface area (Å²) in [5, 5.41) is 0. The lowest BCUT2D eigenvalue weighted by molar-refractivity contribution is -0.854. The number of aromatic nitrogens is 1. The highest BCUT2D eigenvalue weighted by Crippen LogP contribution is 2.23. The summed E-state index contributed by atoms with van der Waals surface area (Å²) in [5.41, 5.74) is 2.25. The molecule has 1 N–H and O–H groups in total. The molecule has 0 aromatic carbocycles. The van der Waals surface area contributed by atoms with E-state index in [0.29, 0.717) is 0 Å². The molecule has 1 aliphatic rings. The second kappa shape index (κ2) is 4.70. The molecule has 2 rings (SSSR count). The smallest absolute Gasteiger partial charge is 0.139 e. The predicted molar refractivity (Wildman–Crippen MR) is 63.8 cm³/mol. The van der Waals surface area contributed by atoms with E-state index in [1.54, 1.807) is 13.3 Å². The van der Waals surface area contributed by atoms with Crippen molar-refractivity contribution in [1.82, 2.24) is 4.98 Å². The minimum Gasteiger partial charge on any atom is -0.495 e. The molecule has 88 valence electrons. The van der Waals surface area contributed by atoms with Crippen molar-refractivity contribution in [1.29, 1.82) is 0 Å². The lowest BCUT2D eigenvalue weighted by atomic mass is 10.2. The first-order chi connectivity index (χ1) is 7.70. The molecule has 1 aromatic heterocycles. The lowest BCUT2D eigenvalue weighted by Gasteiger charge is -2.35. The van der Waals surface area contributed by atoms with Crippen LogP contribution in [0.15, 0.2) is 12.3 Å². The first kappa shape index (κ1) is 11.2. The Morgan fingerprint density at radius 1 is 1.44 bits per heavy atom. The van der Waals surface area contributed by atoms with Gasteiger partial charge in [-0.2, -0.15) is 7.05 Å². The zero-order chi connectivity index (χ0) is 11.5. The van der Waals surface area contributed by atoms with Crippen LogP contribution >= 0.6 is 0 Å². The number of pyridine rings is 1. The highest BCUT2D eigenvalue weighted by molar-refractivity contribution is 5.53. The summed E-state index contributed by atoms with van der Waals surface area (Å²) in [4.78, 5) is 8.07. The van der Waals surface area contributed by atoms with Crippen LogP contribution in [0.2, 0.25) is 0 Å². The van der Waals surface area contributed by atoms with Gasteiger partial charge in [-0.15, -0.1) is 0 Å². The van der Waals surface area contributed by atoms with Crippen LogP contribution in [0.3, 0.4) is 0 Å². The van der Waals surface area contributed by atoms with Crippen LogP contribution in [0.1, 0.15) is 5.69 Å². The maximum atomic E-state index is 5.22. The van der Waals surface area contributed by atoms with Gasteiger partial charge in [0.15, 0.2) is 0 Å². The first-order valence-corrected chi connectivity index (χ1v) is 5.63. The minimum absolute atomic E-state index is 0.824. The van der Waals surface area contributed by atoms with Crippen LogP contribution in [0.25, 0.3) is 0 Å². The molecule has 1 aliphatic heterocycles. The Bertz CT molecular complexity index is 359. The van der Waals surface area contributed by atoms with Crippen molar-refractivity contribution in [2.75, 3.05) is 38.2 Å². The summed E-state index contributed by atoms with van der Waals surface area (Å²) in [7, 11) is 5.71. The van der Waals surface area contributed by atoms with Crippen molar-refractivity contribution in [2.24, 2.45) is 0 Å². The number of hydrogen-bond acceptors (Lipinski definition) is 3. The molecule has 0 unspecified atom stereocenters. The Kier molecular flexibility index (Phi) is 3.29. The molecule has 1 aromatic rings. The van der Waals surface area contributed by atoms with Crippen molar-refractivity contribution >= 4 is 5.69 Å². The number of anilines is 1. The first-order valence-electron chi connectivity index (χ1n) is 5.63. The zero-order valence-corrected chi connectivity index (χ0v) is 9.99. The number of rotatable bonds is 2. The highest BCUT2D eigenvalue weighted by Gasteiger charge is 2.17. The molecule has 16 heavy (non-hydrogen) atoms. The Hall–Kier alpha value is -1.29. The number of ether oxygens (including phenoxy) is 1. The molecule has 0 radical (unpaired) electrons.